The van der Waals surface area contributed by atoms with Crippen LogP contribution in [0.15, 0.2) is 30.3 Å². The molecule has 1 rings (SSSR count). The predicted octanol–water partition coefficient (Wildman–Crippen LogP) is -1.42. The maximum absolute atomic E-state index is 12.2. The predicted molar refractivity (Wildman–Crippen MR) is 83.1 cm³/mol. The lowest BCUT2D eigenvalue weighted by Gasteiger charge is -2.22. The van der Waals surface area contributed by atoms with E-state index >= 15 is 0 Å². The Bertz CT molecular complexity index is 586. The Hall–Kier alpha value is -2.74. The molecule has 0 saturated carbocycles. The van der Waals surface area contributed by atoms with Crippen molar-refractivity contribution < 1.29 is 19.2 Å². The monoisotopic (exact) mass is 320 g/mol. The third-order valence-corrected chi connectivity index (χ3v) is 2.97. The molecule has 1 aromatic rings. The summed E-state index contributed by atoms with van der Waals surface area (Å²) in [6, 6.07) is 7.84. The third kappa shape index (κ3) is 5.51. The van der Waals surface area contributed by atoms with Crippen LogP contribution in [0, 0.1) is 0 Å². The first-order valence-electron chi connectivity index (χ1n) is 6.93. The molecule has 23 heavy (non-hydrogen) atoms. The van der Waals surface area contributed by atoms with E-state index in [1.54, 1.807) is 44.4 Å². The largest absolute Gasteiger partial charge is 0.347 e. The van der Waals surface area contributed by atoms with Crippen molar-refractivity contribution in [3.63, 3.8) is 0 Å². The van der Waals surface area contributed by atoms with Crippen LogP contribution in [0.5, 0.6) is 0 Å². The number of hydrogen-bond acceptors (Lipinski definition) is 5. The number of nitrogens with two attached hydrogens (primary N) is 1. The van der Waals surface area contributed by atoms with Crippen LogP contribution in [0.3, 0.4) is 0 Å². The maximum atomic E-state index is 12.2. The van der Waals surface area contributed by atoms with Crippen LogP contribution in [0.1, 0.15) is 11.6 Å². The van der Waals surface area contributed by atoms with Crippen molar-refractivity contribution in [1.29, 1.82) is 0 Å². The van der Waals surface area contributed by atoms with Gasteiger partial charge in [0.1, 0.15) is 6.04 Å². The van der Waals surface area contributed by atoms with Gasteiger partial charge in [0.05, 0.1) is 13.1 Å². The number of ketones is 1. The van der Waals surface area contributed by atoms with Crippen molar-refractivity contribution >= 4 is 23.5 Å². The van der Waals surface area contributed by atoms with E-state index in [9.17, 15) is 19.2 Å². The maximum Gasteiger partial charge on any atom is 0.289 e. The molecule has 0 saturated heterocycles. The van der Waals surface area contributed by atoms with Gasteiger partial charge in [-0.3, -0.25) is 19.2 Å². The van der Waals surface area contributed by atoms with Crippen LogP contribution in [0.2, 0.25) is 0 Å². The summed E-state index contributed by atoms with van der Waals surface area (Å²) in [5.74, 6) is -2.65. The number of nitrogens with zero attached hydrogens (tertiary/aromatic N) is 1. The fraction of sp³-hybridized carbons (Fsp3) is 0.333. The number of hydrogen-bond donors (Lipinski definition) is 3. The van der Waals surface area contributed by atoms with Gasteiger partial charge in [-0.15, -0.1) is 0 Å². The standard InChI is InChI=1S/C15H20N4O4/c1-19(2)15(23)13(10-6-4-3-5-7-10)18-12(21)9-17-14(22)11(20)8-16/h3-7,13H,8-9,16H2,1-2H3,(H,17,22)(H,18,21)/t13-/m0/s1. The zero-order valence-electron chi connectivity index (χ0n) is 13.0. The highest BCUT2D eigenvalue weighted by Crippen LogP contribution is 2.14. The highest BCUT2D eigenvalue weighted by Gasteiger charge is 2.24. The zero-order valence-corrected chi connectivity index (χ0v) is 13.0. The highest BCUT2D eigenvalue weighted by atomic mass is 16.2. The fourth-order valence-corrected chi connectivity index (χ4v) is 1.76. The molecule has 8 nitrogen and oxygen atoms in total. The molecule has 124 valence electrons. The van der Waals surface area contributed by atoms with Crippen molar-refractivity contribution in [1.82, 2.24) is 15.5 Å². The zero-order chi connectivity index (χ0) is 17.4. The quantitative estimate of drug-likeness (QED) is 0.532. The fourth-order valence-electron chi connectivity index (χ4n) is 1.76. The lowest BCUT2D eigenvalue weighted by atomic mass is 10.1. The van der Waals surface area contributed by atoms with Crippen LogP contribution < -0.4 is 16.4 Å². The van der Waals surface area contributed by atoms with E-state index in [4.69, 9.17) is 5.73 Å². The minimum absolute atomic E-state index is 0.311. The van der Waals surface area contributed by atoms with Gasteiger partial charge in [0.25, 0.3) is 5.91 Å². The Balaban J connectivity index is 2.74. The third-order valence-electron chi connectivity index (χ3n) is 2.97. The lowest BCUT2D eigenvalue weighted by Crippen LogP contribution is -2.45. The minimum Gasteiger partial charge on any atom is -0.347 e. The van der Waals surface area contributed by atoms with Gasteiger partial charge in [-0.25, -0.2) is 0 Å². The van der Waals surface area contributed by atoms with Crippen molar-refractivity contribution in [2.45, 2.75) is 6.04 Å². The number of likely N-dealkylation sites (N-methyl/N-ethyl adjacent to an activating group) is 1. The number of carbonyl (C=O) groups is 4. The summed E-state index contributed by atoms with van der Waals surface area (Å²) in [5, 5.41) is 4.69. The van der Waals surface area contributed by atoms with Crippen LogP contribution in [0.4, 0.5) is 0 Å². The molecular formula is C15H20N4O4. The average Bonchev–Trinajstić information content (AvgIpc) is 2.56. The summed E-state index contributed by atoms with van der Waals surface area (Å²) in [5.41, 5.74) is 5.66. The molecule has 4 N–H and O–H groups in total. The van der Waals surface area contributed by atoms with Gasteiger partial charge < -0.3 is 21.3 Å². The molecule has 0 fully saturated rings. The Kier molecular flexibility index (Phi) is 6.88. The smallest absolute Gasteiger partial charge is 0.289 e. The lowest BCUT2D eigenvalue weighted by molar-refractivity contribution is -0.138. The van der Waals surface area contributed by atoms with Gasteiger partial charge >= 0.3 is 0 Å². The topological polar surface area (TPSA) is 122 Å². The molecular weight excluding hydrogens is 300 g/mol. The summed E-state index contributed by atoms with van der Waals surface area (Å²) >= 11 is 0. The van der Waals surface area contributed by atoms with E-state index < -0.39 is 36.7 Å². The van der Waals surface area contributed by atoms with Crippen molar-refractivity contribution in [3.05, 3.63) is 35.9 Å². The molecule has 1 atom stereocenters. The molecule has 1 aromatic carbocycles. The van der Waals surface area contributed by atoms with E-state index in [1.165, 1.54) is 4.90 Å². The van der Waals surface area contributed by atoms with Crippen molar-refractivity contribution in [3.8, 4) is 0 Å². The SMILES string of the molecule is CN(C)C(=O)[C@@H](NC(=O)CNC(=O)C(=O)CN)c1ccccc1. The van der Waals surface area contributed by atoms with Crippen molar-refractivity contribution in [2.24, 2.45) is 5.73 Å². The summed E-state index contributed by atoms with van der Waals surface area (Å²) in [4.78, 5) is 47.8. The molecule has 0 aliphatic heterocycles. The van der Waals surface area contributed by atoms with Gasteiger partial charge in [0.15, 0.2) is 0 Å². The number of benzene rings is 1. The summed E-state index contributed by atoms with van der Waals surface area (Å²) < 4.78 is 0. The first-order chi connectivity index (χ1) is 10.9. The van der Waals surface area contributed by atoms with E-state index in [2.05, 4.69) is 10.6 Å². The van der Waals surface area contributed by atoms with Crippen LogP contribution >= 0.6 is 0 Å². The molecule has 3 amide bonds. The molecule has 0 spiro atoms. The summed E-state index contributed by atoms with van der Waals surface area (Å²) in [7, 11) is 3.15. The number of nitrogens with one attached hydrogen (secondary N) is 2. The molecule has 0 radical (unpaired) electrons. The molecule has 0 aliphatic carbocycles. The van der Waals surface area contributed by atoms with Gasteiger partial charge in [-0.2, -0.15) is 0 Å². The minimum atomic E-state index is -0.933. The van der Waals surface area contributed by atoms with E-state index in [-0.39, 0.29) is 5.91 Å². The van der Waals surface area contributed by atoms with E-state index in [0.29, 0.717) is 5.56 Å². The van der Waals surface area contributed by atoms with Gasteiger partial charge in [0, 0.05) is 14.1 Å². The van der Waals surface area contributed by atoms with Crippen LogP contribution in [0.25, 0.3) is 0 Å². The number of Topliss-reactive ketones (excluding diaryl/α,β-unsaturated/α-hetero) is 1. The number of carbonyl (C=O) groups excluding carboxylic acids is 4. The van der Waals surface area contributed by atoms with Gasteiger partial charge in [-0.1, -0.05) is 30.3 Å². The van der Waals surface area contributed by atoms with Crippen molar-refractivity contribution in [2.75, 3.05) is 27.2 Å². The second-order valence-electron chi connectivity index (χ2n) is 4.95. The number of rotatable bonds is 7. The van der Waals surface area contributed by atoms with Crippen LogP contribution in [-0.2, 0) is 19.2 Å². The summed E-state index contributed by atoms with van der Waals surface area (Å²) in [6.07, 6.45) is 0. The van der Waals surface area contributed by atoms with Crippen LogP contribution in [-0.4, -0.2) is 55.6 Å². The average molecular weight is 320 g/mol. The van der Waals surface area contributed by atoms with E-state index in [1.807, 2.05) is 0 Å². The Morgan fingerprint density at radius 3 is 2.26 bits per heavy atom. The normalized spacial score (nSPS) is 11.3. The second-order valence-corrected chi connectivity index (χ2v) is 4.95. The van der Waals surface area contributed by atoms with Gasteiger partial charge in [-0.05, 0) is 5.56 Å². The molecule has 0 aliphatic rings. The summed E-state index contributed by atoms with van der Waals surface area (Å²) in [6.45, 7) is -0.853. The Morgan fingerprint density at radius 1 is 1.13 bits per heavy atom. The highest BCUT2D eigenvalue weighted by molar-refractivity contribution is 6.37. The van der Waals surface area contributed by atoms with E-state index in [0.717, 1.165) is 0 Å². The Labute approximate surface area is 134 Å². The molecule has 0 heterocycles. The molecule has 8 heteroatoms. The molecule has 0 bridgehead atoms. The first kappa shape index (κ1) is 18.3. The molecule has 0 unspecified atom stereocenters. The molecule has 0 aromatic heterocycles. The first-order valence-corrected chi connectivity index (χ1v) is 6.93. The second kappa shape index (κ2) is 8.64. The van der Waals surface area contributed by atoms with Gasteiger partial charge in [0.2, 0.25) is 17.6 Å². The Morgan fingerprint density at radius 2 is 1.74 bits per heavy atom. The number of amides is 3.